The van der Waals surface area contributed by atoms with Crippen molar-refractivity contribution in [3.8, 4) is 6.07 Å². The van der Waals surface area contributed by atoms with Gasteiger partial charge in [0.15, 0.2) is 0 Å². The normalized spacial score (nSPS) is 15.2. The van der Waals surface area contributed by atoms with E-state index in [4.69, 9.17) is 11.6 Å². The summed E-state index contributed by atoms with van der Waals surface area (Å²) >= 11 is 5.99. The van der Waals surface area contributed by atoms with Crippen molar-refractivity contribution in [1.82, 2.24) is 20.2 Å². The summed E-state index contributed by atoms with van der Waals surface area (Å²) in [5, 5.41) is 15.3. The van der Waals surface area contributed by atoms with E-state index in [1.807, 2.05) is 35.9 Å². The van der Waals surface area contributed by atoms with E-state index in [1.54, 1.807) is 24.3 Å². The highest BCUT2D eigenvalue weighted by atomic mass is 35.5. The van der Waals surface area contributed by atoms with Crippen LogP contribution in [-0.2, 0) is 18.3 Å². The molecule has 1 fully saturated rings. The lowest BCUT2D eigenvalue weighted by Crippen LogP contribution is -2.51. The number of carbonyl (C=O) groups excluding carboxylic acids is 2. The van der Waals surface area contributed by atoms with Gasteiger partial charge in [-0.3, -0.25) is 9.59 Å². The first-order valence-electron chi connectivity index (χ1n) is 9.61. The molecule has 1 aliphatic carbocycles. The molecule has 2 amide bonds. The highest BCUT2D eigenvalue weighted by Crippen LogP contribution is 2.34. The molecule has 30 heavy (non-hydrogen) atoms. The van der Waals surface area contributed by atoms with Crippen molar-refractivity contribution in [2.24, 2.45) is 7.05 Å². The van der Waals surface area contributed by atoms with Gasteiger partial charge < -0.3 is 15.2 Å². The monoisotopic (exact) mass is 421 g/mol. The standard InChI is InChI=1S/C22H20ClN5O2/c1-28-18-8-3-2-7-16(18)25-19(28)12-17(21(30)27-22(13-24)9-10-22)26-20(29)14-5-4-6-15(23)11-14/h2-8,11,17H,9-10,12H2,1H3,(H,26,29)(H,27,30). The van der Waals surface area contributed by atoms with Crippen molar-refractivity contribution in [3.05, 3.63) is 64.9 Å². The number of hydrogen-bond donors (Lipinski definition) is 2. The largest absolute Gasteiger partial charge is 0.340 e. The van der Waals surface area contributed by atoms with Crippen LogP contribution in [0.25, 0.3) is 11.0 Å². The predicted molar refractivity (Wildman–Crippen MR) is 113 cm³/mol. The zero-order chi connectivity index (χ0) is 21.3. The molecule has 8 heteroatoms. The van der Waals surface area contributed by atoms with Gasteiger partial charge in [-0.25, -0.2) is 4.98 Å². The Morgan fingerprint density at radius 1 is 1.27 bits per heavy atom. The number of aromatic nitrogens is 2. The van der Waals surface area contributed by atoms with E-state index in [0.717, 1.165) is 11.0 Å². The van der Waals surface area contributed by atoms with Crippen molar-refractivity contribution in [1.29, 1.82) is 5.26 Å². The lowest BCUT2D eigenvalue weighted by atomic mass is 10.1. The molecule has 2 aromatic carbocycles. The van der Waals surface area contributed by atoms with Crippen molar-refractivity contribution < 1.29 is 9.59 Å². The maximum atomic E-state index is 13.0. The Morgan fingerprint density at radius 2 is 2.03 bits per heavy atom. The molecule has 1 atom stereocenters. The van der Waals surface area contributed by atoms with Gasteiger partial charge in [0, 0.05) is 24.1 Å². The van der Waals surface area contributed by atoms with E-state index >= 15 is 0 Å². The van der Waals surface area contributed by atoms with Crippen molar-refractivity contribution in [2.45, 2.75) is 30.8 Å². The van der Waals surface area contributed by atoms with Crippen LogP contribution in [0.4, 0.5) is 0 Å². The predicted octanol–water partition coefficient (Wildman–Crippen LogP) is 2.74. The van der Waals surface area contributed by atoms with Gasteiger partial charge in [-0.2, -0.15) is 5.26 Å². The summed E-state index contributed by atoms with van der Waals surface area (Å²) in [7, 11) is 1.87. The van der Waals surface area contributed by atoms with Crippen LogP contribution in [0.15, 0.2) is 48.5 Å². The van der Waals surface area contributed by atoms with E-state index in [9.17, 15) is 14.9 Å². The molecule has 0 radical (unpaired) electrons. The number of rotatable bonds is 6. The minimum absolute atomic E-state index is 0.185. The summed E-state index contributed by atoms with van der Waals surface area (Å²) in [6.45, 7) is 0. The van der Waals surface area contributed by atoms with Gasteiger partial charge >= 0.3 is 0 Å². The zero-order valence-corrected chi connectivity index (χ0v) is 17.1. The summed E-state index contributed by atoms with van der Waals surface area (Å²) in [4.78, 5) is 30.4. The number of nitriles is 1. The Bertz CT molecular complexity index is 1180. The second kappa shape index (κ2) is 7.81. The molecule has 1 heterocycles. The number of fused-ring (bicyclic) bond motifs is 1. The van der Waals surface area contributed by atoms with Gasteiger partial charge in [0.25, 0.3) is 5.91 Å². The van der Waals surface area contributed by atoms with Crippen molar-refractivity contribution in [2.75, 3.05) is 0 Å². The van der Waals surface area contributed by atoms with Crippen LogP contribution in [-0.4, -0.2) is 32.9 Å². The molecule has 0 spiro atoms. The van der Waals surface area contributed by atoms with Gasteiger partial charge in [0.2, 0.25) is 5.91 Å². The molecule has 2 N–H and O–H groups in total. The lowest BCUT2D eigenvalue weighted by molar-refractivity contribution is -0.123. The van der Waals surface area contributed by atoms with Crippen LogP contribution in [0.3, 0.4) is 0 Å². The molecule has 1 aliphatic rings. The maximum Gasteiger partial charge on any atom is 0.251 e. The number of hydrogen-bond acceptors (Lipinski definition) is 4. The molecular weight excluding hydrogens is 402 g/mol. The van der Waals surface area contributed by atoms with Crippen molar-refractivity contribution in [3.63, 3.8) is 0 Å². The fourth-order valence-corrected chi connectivity index (χ4v) is 3.54. The van der Waals surface area contributed by atoms with Crippen molar-refractivity contribution >= 4 is 34.4 Å². The fraction of sp³-hybridized carbons (Fsp3) is 0.273. The molecule has 1 aromatic heterocycles. The maximum absolute atomic E-state index is 13.0. The van der Waals surface area contributed by atoms with E-state index in [0.29, 0.717) is 29.3 Å². The summed E-state index contributed by atoms with van der Waals surface area (Å²) in [5.41, 5.74) is 1.27. The minimum atomic E-state index is -0.891. The minimum Gasteiger partial charge on any atom is -0.340 e. The molecule has 0 aliphatic heterocycles. The Kier molecular flexibility index (Phi) is 5.18. The Morgan fingerprint density at radius 3 is 2.70 bits per heavy atom. The third-order valence-corrected chi connectivity index (χ3v) is 5.54. The van der Waals surface area contributed by atoms with Crippen LogP contribution < -0.4 is 10.6 Å². The fourth-order valence-electron chi connectivity index (χ4n) is 3.35. The molecule has 0 bridgehead atoms. The first kappa shape index (κ1) is 19.9. The number of aryl methyl sites for hydroxylation is 1. The molecule has 0 saturated heterocycles. The summed E-state index contributed by atoms with van der Waals surface area (Å²) in [6.07, 6.45) is 1.40. The number of benzene rings is 2. The molecular formula is C22H20ClN5O2. The van der Waals surface area contributed by atoms with E-state index in [2.05, 4.69) is 21.7 Å². The third-order valence-electron chi connectivity index (χ3n) is 5.30. The Labute approximate surface area is 178 Å². The van der Waals surface area contributed by atoms with Crippen LogP contribution in [0, 0.1) is 11.3 Å². The third kappa shape index (κ3) is 4.00. The first-order chi connectivity index (χ1) is 14.4. The molecule has 3 aromatic rings. The Balaban J connectivity index is 1.61. The quantitative estimate of drug-likeness (QED) is 0.639. The number of imidazole rings is 1. The van der Waals surface area contributed by atoms with Gasteiger partial charge in [0.1, 0.15) is 17.4 Å². The molecule has 1 saturated carbocycles. The number of carbonyl (C=O) groups is 2. The molecule has 1 unspecified atom stereocenters. The number of halogens is 1. The SMILES string of the molecule is Cn1c(CC(NC(=O)c2cccc(Cl)c2)C(=O)NC2(C#N)CC2)nc2ccccc21. The van der Waals surface area contributed by atoms with Gasteiger partial charge in [-0.15, -0.1) is 0 Å². The van der Waals surface area contributed by atoms with Crippen LogP contribution >= 0.6 is 11.6 Å². The molecule has 7 nitrogen and oxygen atoms in total. The number of para-hydroxylation sites is 2. The van der Waals surface area contributed by atoms with Gasteiger partial charge in [-0.05, 0) is 43.2 Å². The topological polar surface area (TPSA) is 99.8 Å². The second-order valence-corrected chi connectivity index (χ2v) is 7.94. The number of amides is 2. The average Bonchev–Trinajstić information content (AvgIpc) is 3.45. The lowest BCUT2D eigenvalue weighted by Gasteiger charge is -2.20. The van der Waals surface area contributed by atoms with Crippen LogP contribution in [0.5, 0.6) is 0 Å². The summed E-state index contributed by atoms with van der Waals surface area (Å²) < 4.78 is 1.90. The first-order valence-corrected chi connectivity index (χ1v) is 9.99. The summed E-state index contributed by atoms with van der Waals surface area (Å²) in [5.74, 6) is -0.167. The van der Waals surface area contributed by atoms with E-state index in [-0.39, 0.29) is 6.42 Å². The summed E-state index contributed by atoms with van der Waals surface area (Å²) in [6, 6.07) is 15.4. The molecule has 152 valence electrons. The van der Waals surface area contributed by atoms with Gasteiger partial charge in [-0.1, -0.05) is 29.8 Å². The molecule has 4 rings (SSSR count). The average molecular weight is 422 g/mol. The Hall–Kier alpha value is -3.37. The smallest absolute Gasteiger partial charge is 0.251 e. The zero-order valence-electron chi connectivity index (χ0n) is 16.4. The van der Waals surface area contributed by atoms with E-state index in [1.165, 1.54) is 0 Å². The number of nitrogens with one attached hydrogen (secondary N) is 2. The second-order valence-electron chi connectivity index (χ2n) is 7.50. The highest BCUT2D eigenvalue weighted by Gasteiger charge is 2.45. The van der Waals surface area contributed by atoms with E-state index < -0.39 is 23.4 Å². The van der Waals surface area contributed by atoms with Crippen LogP contribution in [0.2, 0.25) is 5.02 Å². The number of nitrogens with zero attached hydrogens (tertiary/aromatic N) is 3. The van der Waals surface area contributed by atoms with Crippen LogP contribution in [0.1, 0.15) is 29.0 Å². The highest BCUT2D eigenvalue weighted by molar-refractivity contribution is 6.31. The van der Waals surface area contributed by atoms with Gasteiger partial charge in [0.05, 0.1) is 17.1 Å².